The van der Waals surface area contributed by atoms with E-state index in [-0.39, 0.29) is 0 Å². The SMILES string of the molecule is Cc1c(C(C)CN)cnn1C1C2CC3CC(C2)CC1C3. The fourth-order valence-electron chi connectivity index (χ4n) is 5.64. The van der Waals surface area contributed by atoms with E-state index in [0.29, 0.717) is 18.5 Å². The van der Waals surface area contributed by atoms with Gasteiger partial charge in [-0.3, -0.25) is 4.68 Å². The highest BCUT2D eigenvalue weighted by molar-refractivity contribution is 5.22. The number of hydrogen-bond acceptors (Lipinski definition) is 2. The average molecular weight is 273 g/mol. The molecule has 0 saturated heterocycles. The Bertz CT molecular complexity index is 476. The van der Waals surface area contributed by atoms with Gasteiger partial charge >= 0.3 is 0 Å². The van der Waals surface area contributed by atoms with Crippen molar-refractivity contribution in [2.45, 2.75) is 57.9 Å². The first-order valence-electron chi connectivity index (χ1n) is 8.41. The van der Waals surface area contributed by atoms with Gasteiger partial charge in [0.05, 0.1) is 12.2 Å². The van der Waals surface area contributed by atoms with E-state index in [1.807, 2.05) is 0 Å². The van der Waals surface area contributed by atoms with E-state index in [4.69, 9.17) is 10.8 Å². The first-order chi connectivity index (χ1) is 9.67. The molecule has 0 aromatic carbocycles. The molecule has 4 aliphatic rings. The molecule has 4 aliphatic carbocycles. The summed E-state index contributed by atoms with van der Waals surface area (Å²) in [7, 11) is 0. The van der Waals surface area contributed by atoms with Crippen molar-refractivity contribution in [3.8, 4) is 0 Å². The fraction of sp³-hybridized carbons (Fsp3) is 0.824. The van der Waals surface area contributed by atoms with Crippen molar-refractivity contribution < 1.29 is 0 Å². The minimum absolute atomic E-state index is 0.431. The molecule has 0 radical (unpaired) electrons. The van der Waals surface area contributed by atoms with Gasteiger partial charge in [-0.1, -0.05) is 6.92 Å². The monoisotopic (exact) mass is 273 g/mol. The van der Waals surface area contributed by atoms with Gasteiger partial charge in [-0.05, 0) is 80.7 Å². The maximum Gasteiger partial charge on any atom is 0.0579 e. The zero-order valence-electron chi connectivity index (χ0n) is 12.8. The molecule has 1 heterocycles. The molecule has 1 unspecified atom stereocenters. The van der Waals surface area contributed by atoms with Crippen molar-refractivity contribution in [1.29, 1.82) is 0 Å². The summed E-state index contributed by atoms with van der Waals surface area (Å²) in [6, 6.07) is 0.682. The summed E-state index contributed by atoms with van der Waals surface area (Å²) in [5.41, 5.74) is 8.58. The van der Waals surface area contributed by atoms with Gasteiger partial charge in [-0.25, -0.2) is 0 Å². The predicted octanol–water partition coefficient (Wildman–Crippen LogP) is 3.25. The summed E-state index contributed by atoms with van der Waals surface area (Å²) in [5.74, 6) is 4.29. The van der Waals surface area contributed by atoms with Crippen LogP contribution in [0.5, 0.6) is 0 Å². The van der Waals surface area contributed by atoms with Crippen LogP contribution in [0.4, 0.5) is 0 Å². The lowest BCUT2D eigenvalue weighted by atomic mass is 9.54. The number of aromatic nitrogens is 2. The maximum absolute atomic E-state index is 5.84. The topological polar surface area (TPSA) is 43.8 Å². The number of rotatable bonds is 3. The third-order valence-electron chi connectivity index (χ3n) is 6.43. The van der Waals surface area contributed by atoms with Crippen molar-refractivity contribution in [2.24, 2.45) is 29.4 Å². The summed E-state index contributed by atoms with van der Waals surface area (Å²) in [4.78, 5) is 0. The Balaban J connectivity index is 1.66. The maximum atomic E-state index is 5.84. The minimum Gasteiger partial charge on any atom is -0.330 e. The van der Waals surface area contributed by atoms with Crippen molar-refractivity contribution in [2.75, 3.05) is 6.54 Å². The molecular formula is C17H27N3. The molecule has 20 heavy (non-hydrogen) atoms. The highest BCUT2D eigenvalue weighted by Gasteiger charge is 2.49. The third-order valence-corrected chi connectivity index (χ3v) is 6.43. The Kier molecular flexibility index (Phi) is 2.95. The van der Waals surface area contributed by atoms with Gasteiger partial charge in [0.2, 0.25) is 0 Å². The molecular weight excluding hydrogens is 246 g/mol. The average Bonchev–Trinajstić information content (AvgIpc) is 2.79. The Morgan fingerprint density at radius 2 is 1.80 bits per heavy atom. The van der Waals surface area contributed by atoms with E-state index in [1.165, 1.54) is 43.4 Å². The van der Waals surface area contributed by atoms with Crippen molar-refractivity contribution >= 4 is 0 Å². The van der Waals surface area contributed by atoms with E-state index in [9.17, 15) is 0 Å². The van der Waals surface area contributed by atoms with Crippen LogP contribution < -0.4 is 5.73 Å². The van der Waals surface area contributed by atoms with Gasteiger partial charge in [-0.15, -0.1) is 0 Å². The Labute approximate surface area is 121 Å². The zero-order valence-corrected chi connectivity index (χ0v) is 12.8. The lowest BCUT2D eigenvalue weighted by Crippen LogP contribution is -2.46. The van der Waals surface area contributed by atoms with Crippen molar-refractivity contribution in [1.82, 2.24) is 9.78 Å². The van der Waals surface area contributed by atoms with Crippen LogP contribution in [0.25, 0.3) is 0 Å². The summed E-state index contributed by atoms with van der Waals surface area (Å²) in [5, 5.41) is 4.79. The Morgan fingerprint density at radius 1 is 1.20 bits per heavy atom. The molecule has 2 N–H and O–H groups in total. The van der Waals surface area contributed by atoms with Gasteiger partial charge in [0, 0.05) is 5.69 Å². The van der Waals surface area contributed by atoms with Gasteiger partial charge in [0.25, 0.3) is 0 Å². The standard InChI is InChI=1S/C17H27N3/c1-10(8-18)16-9-19-20(11(16)2)17-14-4-12-3-13(6-14)7-15(17)5-12/h9-10,12-15,17H,3-8,18H2,1-2H3. The van der Waals surface area contributed by atoms with Gasteiger partial charge < -0.3 is 5.73 Å². The molecule has 1 aromatic heterocycles. The Hall–Kier alpha value is -0.830. The number of nitrogens with two attached hydrogens (primary N) is 1. The molecule has 3 nitrogen and oxygen atoms in total. The first-order valence-corrected chi connectivity index (χ1v) is 8.41. The molecule has 1 aromatic rings. The van der Waals surface area contributed by atoms with Crippen LogP contribution in [0.1, 0.15) is 62.2 Å². The van der Waals surface area contributed by atoms with Gasteiger partial charge in [0.1, 0.15) is 0 Å². The number of hydrogen-bond donors (Lipinski definition) is 1. The molecule has 3 heteroatoms. The molecule has 0 aliphatic heterocycles. The summed E-state index contributed by atoms with van der Waals surface area (Å²) < 4.78 is 2.38. The summed E-state index contributed by atoms with van der Waals surface area (Å²) in [6.07, 6.45) is 9.43. The van der Waals surface area contributed by atoms with Crippen LogP contribution in [-0.2, 0) is 0 Å². The normalized spacial score (nSPS) is 40.2. The molecule has 4 fully saturated rings. The van der Waals surface area contributed by atoms with E-state index in [0.717, 1.165) is 23.7 Å². The Morgan fingerprint density at radius 3 is 2.35 bits per heavy atom. The van der Waals surface area contributed by atoms with Crippen LogP contribution in [-0.4, -0.2) is 16.3 Å². The van der Waals surface area contributed by atoms with E-state index in [1.54, 1.807) is 0 Å². The van der Waals surface area contributed by atoms with Crippen LogP contribution >= 0.6 is 0 Å². The fourth-order valence-corrected chi connectivity index (χ4v) is 5.64. The predicted molar refractivity (Wildman–Crippen MR) is 80.5 cm³/mol. The molecule has 0 spiro atoms. The largest absolute Gasteiger partial charge is 0.330 e. The lowest BCUT2D eigenvalue weighted by molar-refractivity contribution is -0.0344. The van der Waals surface area contributed by atoms with E-state index in [2.05, 4.69) is 24.7 Å². The highest BCUT2D eigenvalue weighted by atomic mass is 15.3. The van der Waals surface area contributed by atoms with Crippen molar-refractivity contribution in [3.05, 3.63) is 17.5 Å². The van der Waals surface area contributed by atoms with Crippen LogP contribution in [0.3, 0.4) is 0 Å². The molecule has 1 atom stereocenters. The van der Waals surface area contributed by atoms with Crippen LogP contribution in [0, 0.1) is 30.6 Å². The second kappa shape index (κ2) is 4.59. The molecule has 4 bridgehead atoms. The molecule has 0 amide bonds. The summed E-state index contributed by atoms with van der Waals surface area (Å²) in [6.45, 7) is 5.18. The second-order valence-electron chi connectivity index (χ2n) is 7.69. The van der Waals surface area contributed by atoms with Crippen LogP contribution in [0.15, 0.2) is 6.20 Å². The van der Waals surface area contributed by atoms with Crippen LogP contribution in [0.2, 0.25) is 0 Å². The van der Waals surface area contributed by atoms with Crippen molar-refractivity contribution in [3.63, 3.8) is 0 Å². The van der Waals surface area contributed by atoms with E-state index < -0.39 is 0 Å². The molecule has 110 valence electrons. The third kappa shape index (κ3) is 1.78. The lowest BCUT2D eigenvalue weighted by Gasteiger charge is -2.54. The minimum atomic E-state index is 0.431. The summed E-state index contributed by atoms with van der Waals surface area (Å²) >= 11 is 0. The molecule has 4 saturated carbocycles. The quantitative estimate of drug-likeness (QED) is 0.918. The first kappa shape index (κ1) is 12.9. The number of nitrogens with zero attached hydrogens (tertiary/aromatic N) is 2. The van der Waals surface area contributed by atoms with Gasteiger partial charge in [0.15, 0.2) is 0 Å². The van der Waals surface area contributed by atoms with Gasteiger partial charge in [-0.2, -0.15) is 5.10 Å². The highest BCUT2D eigenvalue weighted by Crippen LogP contribution is 2.58. The van der Waals surface area contributed by atoms with E-state index >= 15 is 0 Å². The zero-order chi connectivity index (χ0) is 13.9. The molecule has 5 rings (SSSR count). The smallest absolute Gasteiger partial charge is 0.0579 e. The second-order valence-corrected chi connectivity index (χ2v) is 7.69.